The van der Waals surface area contributed by atoms with E-state index < -0.39 is 0 Å². The van der Waals surface area contributed by atoms with Crippen LogP contribution in [0.2, 0.25) is 0 Å². The number of nitrogens with one attached hydrogen (secondary N) is 2. The molecule has 5 nitrogen and oxygen atoms in total. The lowest BCUT2D eigenvalue weighted by Crippen LogP contribution is -2.25. The summed E-state index contributed by atoms with van der Waals surface area (Å²) in [6.07, 6.45) is 0. The second-order valence-corrected chi connectivity index (χ2v) is 5.98. The standard InChI is InChI=1S/C20H25N3O2S/c1-4-23(5-2)18-14-16(12-13-17(18)19(24)25-6-3)22-20(26)21-15-10-8-7-9-11-15/h7-14H,4-6H2,1-3H3,(H2,21,22,26). The molecule has 0 saturated heterocycles. The van der Waals surface area contributed by atoms with E-state index in [0.717, 1.165) is 30.2 Å². The minimum absolute atomic E-state index is 0.314. The lowest BCUT2D eigenvalue weighted by atomic mass is 10.1. The molecule has 2 aromatic rings. The molecule has 0 atom stereocenters. The maximum atomic E-state index is 12.3. The van der Waals surface area contributed by atoms with Gasteiger partial charge in [-0.15, -0.1) is 0 Å². The van der Waals surface area contributed by atoms with Gasteiger partial charge >= 0.3 is 5.97 Å². The first-order chi connectivity index (χ1) is 12.6. The molecule has 0 amide bonds. The normalized spacial score (nSPS) is 10.1. The predicted octanol–water partition coefficient (Wildman–Crippen LogP) is 4.52. The van der Waals surface area contributed by atoms with Crippen molar-refractivity contribution >= 4 is 40.4 Å². The van der Waals surface area contributed by atoms with E-state index in [-0.39, 0.29) is 5.97 Å². The molecule has 2 N–H and O–H groups in total. The van der Waals surface area contributed by atoms with Crippen molar-refractivity contribution in [2.75, 3.05) is 35.2 Å². The van der Waals surface area contributed by atoms with E-state index in [2.05, 4.69) is 29.4 Å². The zero-order valence-corrected chi connectivity index (χ0v) is 16.2. The fourth-order valence-corrected chi connectivity index (χ4v) is 2.87. The van der Waals surface area contributed by atoms with Crippen LogP contribution in [0.25, 0.3) is 0 Å². The van der Waals surface area contributed by atoms with Gasteiger partial charge in [0.2, 0.25) is 0 Å². The summed E-state index contributed by atoms with van der Waals surface area (Å²) in [5, 5.41) is 6.80. The average Bonchev–Trinajstić information content (AvgIpc) is 2.64. The van der Waals surface area contributed by atoms with Gasteiger partial charge in [-0.25, -0.2) is 4.79 Å². The van der Waals surface area contributed by atoms with Crippen LogP contribution in [0.1, 0.15) is 31.1 Å². The molecule has 0 bridgehead atoms. The van der Waals surface area contributed by atoms with Gasteiger partial charge in [0, 0.05) is 24.5 Å². The Kier molecular flexibility index (Phi) is 7.41. The highest BCUT2D eigenvalue weighted by Crippen LogP contribution is 2.26. The zero-order chi connectivity index (χ0) is 18.9. The van der Waals surface area contributed by atoms with Crippen LogP contribution >= 0.6 is 12.2 Å². The van der Waals surface area contributed by atoms with Gasteiger partial charge in [-0.2, -0.15) is 0 Å². The molecular weight excluding hydrogens is 346 g/mol. The van der Waals surface area contributed by atoms with E-state index in [1.165, 1.54) is 0 Å². The summed E-state index contributed by atoms with van der Waals surface area (Å²) in [5.74, 6) is -0.314. The molecule has 2 aromatic carbocycles. The summed E-state index contributed by atoms with van der Waals surface area (Å²) >= 11 is 5.38. The molecule has 0 saturated carbocycles. The highest BCUT2D eigenvalue weighted by atomic mass is 32.1. The van der Waals surface area contributed by atoms with Crippen molar-refractivity contribution in [2.24, 2.45) is 0 Å². The number of hydrogen-bond donors (Lipinski definition) is 2. The summed E-state index contributed by atoms with van der Waals surface area (Å²) in [6, 6.07) is 15.3. The third kappa shape index (κ3) is 5.20. The van der Waals surface area contributed by atoms with Crippen molar-refractivity contribution in [3.8, 4) is 0 Å². The number of para-hydroxylation sites is 1. The molecule has 0 fully saturated rings. The fourth-order valence-electron chi connectivity index (χ4n) is 2.63. The van der Waals surface area contributed by atoms with Crippen molar-refractivity contribution in [3.63, 3.8) is 0 Å². The second-order valence-electron chi connectivity index (χ2n) is 5.57. The first kappa shape index (κ1) is 19.7. The Morgan fingerprint density at radius 1 is 1.00 bits per heavy atom. The van der Waals surface area contributed by atoms with Gasteiger partial charge < -0.3 is 20.3 Å². The van der Waals surface area contributed by atoms with Crippen molar-refractivity contribution in [1.29, 1.82) is 0 Å². The number of thiocarbonyl (C=S) groups is 1. The molecule has 0 aliphatic heterocycles. The Balaban J connectivity index is 2.22. The van der Waals surface area contributed by atoms with Gasteiger partial charge in [-0.3, -0.25) is 0 Å². The summed E-state index contributed by atoms with van der Waals surface area (Å²) in [6.45, 7) is 7.85. The van der Waals surface area contributed by atoms with Crippen molar-refractivity contribution in [2.45, 2.75) is 20.8 Å². The average molecular weight is 372 g/mol. The molecule has 2 rings (SSSR count). The van der Waals surface area contributed by atoms with E-state index >= 15 is 0 Å². The molecule has 0 aliphatic carbocycles. The minimum Gasteiger partial charge on any atom is -0.462 e. The van der Waals surface area contributed by atoms with Crippen molar-refractivity contribution < 1.29 is 9.53 Å². The molecule has 0 heterocycles. The molecular formula is C20H25N3O2S. The van der Waals surface area contributed by atoms with Crippen LogP contribution in [-0.4, -0.2) is 30.8 Å². The fraction of sp³-hybridized carbons (Fsp3) is 0.300. The monoisotopic (exact) mass is 371 g/mol. The molecule has 0 aliphatic rings. The summed E-state index contributed by atoms with van der Waals surface area (Å²) in [4.78, 5) is 14.4. The first-order valence-corrected chi connectivity index (χ1v) is 9.19. The summed E-state index contributed by atoms with van der Waals surface area (Å²) in [5.41, 5.74) is 3.12. The lowest BCUT2D eigenvalue weighted by Gasteiger charge is -2.24. The van der Waals surface area contributed by atoms with Crippen LogP contribution in [0, 0.1) is 0 Å². The zero-order valence-electron chi connectivity index (χ0n) is 15.4. The number of ether oxygens (including phenoxy) is 1. The molecule has 0 unspecified atom stereocenters. The number of benzene rings is 2. The summed E-state index contributed by atoms with van der Waals surface area (Å²) < 4.78 is 5.18. The third-order valence-corrected chi connectivity index (χ3v) is 4.09. The number of carbonyl (C=O) groups excluding carboxylic acids is 1. The molecule has 0 radical (unpaired) electrons. The Bertz CT molecular complexity index is 746. The van der Waals surface area contributed by atoms with E-state index in [1.807, 2.05) is 42.5 Å². The Labute approximate surface area is 160 Å². The number of carbonyl (C=O) groups is 1. The van der Waals surface area contributed by atoms with E-state index in [9.17, 15) is 4.79 Å². The smallest absolute Gasteiger partial charge is 0.340 e. The molecule has 26 heavy (non-hydrogen) atoms. The predicted molar refractivity (Wildman–Crippen MR) is 112 cm³/mol. The Morgan fingerprint density at radius 3 is 2.27 bits per heavy atom. The molecule has 138 valence electrons. The third-order valence-electron chi connectivity index (χ3n) is 3.89. The van der Waals surface area contributed by atoms with Crippen LogP contribution in [0.3, 0.4) is 0 Å². The van der Waals surface area contributed by atoms with Crippen LogP contribution in [0.15, 0.2) is 48.5 Å². The van der Waals surface area contributed by atoms with Crippen LogP contribution in [0.5, 0.6) is 0 Å². The van der Waals surface area contributed by atoms with E-state index in [0.29, 0.717) is 17.3 Å². The van der Waals surface area contributed by atoms with E-state index in [4.69, 9.17) is 17.0 Å². The number of esters is 1. The maximum absolute atomic E-state index is 12.3. The highest BCUT2D eigenvalue weighted by Gasteiger charge is 2.17. The van der Waals surface area contributed by atoms with Crippen LogP contribution < -0.4 is 15.5 Å². The van der Waals surface area contributed by atoms with Gasteiger partial charge in [0.1, 0.15) is 0 Å². The van der Waals surface area contributed by atoms with Crippen LogP contribution in [0.4, 0.5) is 17.1 Å². The van der Waals surface area contributed by atoms with E-state index in [1.54, 1.807) is 13.0 Å². The Morgan fingerprint density at radius 2 is 1.65 bits per heavy atom. The van der Waals surface area contributed by atoms with Gasteiger partial charge in [-0.05, 0) is 63.3 Å². The molecule has 6 heteroatoms. The van der Waals surface area contributed by atoms with Crippen LogP contribution in [-0.2, 0) is 4.74 Å². The van der Waals surface area contributed by atoms with Gasteiger partial charge in [0.15, 0.2) is 5.11 Å². The van der Waals surface area contributed by atoms with Gasteiger partial charge in [0.25, 0.3) is 0 Å². The maximum Gasteiger partial charge on any atom is 0.340 e. The second kappa shape index (κ2) is 9.77. The number of nitrogens with zero attached hydrogens (tertiary/aromatic N) is 1. The number of hydrogen-bond acceptors (Lipinski definition) is 4. The highest BCUT2D eigenvalue weighted by molar-refractivity contribution is 7.80. The lowest BCUT2D eigenvalue weighted by molar-refractivity contribution is 0.0527. The minimum atomic E-state index is -0.314. The van der Waals surface area contributed by atoms with Crippen molar-refractivity contribution in [1.82, 2.24) is 0 Å². The molecule has 0 spiro atoms. The van der Waals surface area contributed by atoms with Gasteiger partial charge in [0.05, 0.1) is 17.9 Å². The Hall–Kier alpha value is -2.60. The SMILES string of the molecule is CCOC(=O)c1ccc(NC(=S)Nc2ccccc2)cc1N(CC)CC. The quantitative estimate of drug-likeness (QED) is 0.551. The summed E-state index contributed by atoms with van der Waals surface area (Å²) in [7, 11) is 0. The first-order valence-electron chi connectivity index (χ1n) is 8.78. The molecule has 0 aromatic heterocycles. The van der Waals surface area contributed by atoms with Gasteiger partial charge in [-0.1, -0.05) is 18.2 Å². The largest absolute Gasteiger partial charge is 0.462 e. The number of anilines is 3. The number of rotatable bonds is 7. The van der Waals surface area contributed by atoms with Crippen molar-refractivity contribution in [3.05, 3.63) is 54.1 Å². The topological polar surface area (TPSA) is 53.6 Å².